The minimum Gasteiger partial charge on any atom is -0.342 e. The third-order valence-electron chi connectivity index (χ3n) is 2.91. The van der Waals surface area contributed by atoms with Crippen LogP contribution in [-0.2, 0) is 0 Å². The first kappa shape index (κ1) is 11.1. The number of hydrogen-bond acceptors (Lipinski definition) is 3. The monoisotopic (exact) mass is 269 g/mol. The first-order chi connectivity index (χ1) is 8.24. The van der Waals surface area contributed by atoms with Gasteiger partial charge in [-0.2, -0.15) is 0 Å². The van der Waals surface area contributed by atoms with Crippen molar-refractivity contribution in [2.75, 3.05) is 26.2 Å². The Morgan fingerprint density at radius 2 is 2.12 bits per heavy atom. The second-order valence-electron chi connectivity index (χ2n) is 4.06. The summed E-state index contributed by atoms with van der Waals surface area (Å²) in [5.74, 6) is 0.0750. The Hall–Kier alpha value is -1.04. The summed E-state index contributed by atoms with van der Waals surface area (Å²) in [5.41, 5.74) is 0.657. The van der Waals surface area contributed by atoms with Crippen LogP contribution >= 0.6 is 22.9 Å². The Bertz CT molecular complexity index is 525. The van der Waals surface area contributed by atoms with Crippen LogP contribution in [0.4, 0.5) is 0 Å². The molecule has 0 radical (unpaired) electrons. The molecule has 0 aliphatic carbocycles. The first-order valence-corrected chi connectivity index (χ1v) is 6.71. The fourth-order valence-electron chi connectivity index (χ4n) is 2.05. The van der Waals surface area contributed by atoms with E-state index in [0.29, 0.717) is 5.69 Å². The highest BCUT2D eigenvalue weighted by Gasteiger charge is 2.20. The van der Waals surface area contributed by atoms with E-state index in [1.165, 1.54) is 11.3 Å². The van der Waals surface area contributed by atoms with E-state index in [2.05, 4.69) is 10.3 Å². The molecule has 0 aromatic carbocycles. The summed E-state index contributed by atoms with van der Waals surface area (Å²) >= 11 is 7.36. The third kappa shape index (κ3) is 2.06. The summed E-state index contributed by atoms with van der Waals surface area (Å²) in [6, 6.07) is 3.76. The van der Waals surface area contributed by atoms with Gasteiger partial charge in [-0.1, -0.05) is 11.6 Å². The van der Waals surface area contributed by atoms with Crippen molar-refractivity contribution in [3.05, 3.63) is 22.2 Å². The number of carbonyl (C=O) groups is 1. The van der Waals surface area contributed by atoms with Crippen molar-refractivity contribution in [3.63, 3.8) is 0 Å². The summed E-state index contributed by atoms with van der Waals surface area (Å²) in [4.78, 5) is 18.2. The van der Waals surface area contributed by atoms with Crippen molar-refractivity contribution < 1.29 is 4.79 Å². The van der Waals surface area contributed by atoms with Crippen LogP contribution < -0.4 is 5.32 Å². The van der Waals surface area contributed by atoms with Gasteiger partial charge in [0.25, 0.3) is 5.91 Å². The number of amides is 1. The minimum atomic E-state index is 0.0750. The van der Waals surface area contributed by atoms with Crippen LogP contribution in [0.3, 0.4) is 0 Å². The van der Waals surface area contributed by atoms with Crippen LogP contribution in [0.2, 0.25) is 4.34 Å². The number of nitrogens with zero attached hydrogens (tertiary/aromatic N) is 1. The van der Waals surface area contributed by atoms with E-state index in [-0.39, 0.29) is 5.91 Å². The summed E-state index contributed by atoms with van der Waals surface area (Å²) in [6.45, 7) is 3.28. The highest BCUT2D eigenvalue weighted by Crippen LogP contribution is 2.29. The van der Waals surface area contributed by atoms with Gasteiger partial charge in [0.15, 0.2) is 0 Å². The molecule has 3 heterocycles. The maximum Gasteiger partial charge on any atom is 0.270 e. The molecule has 2 N–H and O–H groups in total. The van der Waals surface area contributed by atoms with Gasteiger partial charge in [0, 0.05) is 31.6 Å². The second kappa shape index (κ2) is 4.33. The number of rotatable bonds is 1. The van der Waals surface area contributed by atoms with Crippen LogP contribution in [0.5, 0.6) is 0 Å². The molecule has 0 unspecified atom stereocenters. The number of aromatic amines is 1. The van der Waals surface area contributed by atoms with Crippen molar-refractivity contribution >= 4 is 39.1 Å². The standard InChI is InChI=1S/C11H12ClN3OS/c12-9-6-7-5-8(14-10(7)17-9)11(16)15-3-1-13-2-4-15/h5-6,13-14H,1-4H2. The predicted octanol–water partition coefficient (Wildman–Crippen LogP) is 1.93. The highest BCUT2D eigenvalue weighted by atomic mass is 35.5. The molecule has 0 bridgehead atoms. The van der Waals surface area contributed by atoms with Gasteiger partial charge < -0.3 is 15.2 Å². The van der Waals surface area contributed by atoms with Gasteiger partial charge in [-0.15, -0.1) is 11.3 Å². The van der Waals surface area contributed by atoms with E-state index in [1.54, 1.807) is 0 Å². The van der Waals surface area contributed by atoms with E-state index in [9.17, 15) is 4.79 Å². The zero-order valence-corrected chi connectivity index (χ0v) is 10.7. The molecular formula is C11H12ClN3OS. The number of H-pyrrole nitrogens is 1. The molecule has 1 aliphatic rings. The van der Waals surface area contributed by atoms with Crippen LogP contribution in [0.1, 0.15) is 10.5 Å². The van der Waals surface area contributed by atoms with Crippen molar-refractivity contribution in [3.8, 4) is 0 Å². The molecule has 0 atom stereocenters. The minimum absolute atomic E-state index is 0.0750. The molecule has 1 saturated heterocycles. The number of piperazine rings is 1. The zero-order chi connectivity index (χ0) is 11.8. The maximum atomic E-state index is 12.2. The molecule has 17 heavy (non-hydrogen) atoms. The van der Waals surface area contributed by atoms with Crippen molar-refractivity contribution in [1.29, 1.82) is 0 Å². The van der Waals surface area contributed by atoms with E-state index >= 15 is 0 Å². The van der Waals surface area contributed by atoms with Gasteiger partial charge in [0.2, 0.25) is 0 Å². The Morgan fingerprint density at radius 1 is 1.35 bits per heavy atom. The molecule has 1 amide bonds. The molecule has 0 spiro atoms. The van der Waals surface area contributed by atoms with E-state index in [1.807, 2.05) is 17.0 Å². The predicted molar refractivity (Wildman–Crippen MR) is 70.0 cm³/mol. The Kier molecular flexibility index (Phi) is 2.82. The average Bonchev–Trinajstić information content (AvgIpc) is 2.86. The Balaban J connectivity index is 1.86. The average molecular weight is 270 g/mol. The van der Waals surface area contributed by atoms with E-state index < -0.39 is 0 Å². The number of thiophene rings is 1. The fraction of sp³-hybridized carbons (Fsp3) is 0.364. The van der Waals surface area contributed by atoms with Crippen molar-refractivity contribution in [1.82, 2.24) is 15.2 Å². The van der Waals surface area contributed by atoms with Gasteiger partial charge >= 0.3 is 0 Å². The molecule has 4 nitrogen and oxygen atoms in total. The molecule has 6 heteroatoms. The molecule has 3 rings (SSSR count). The lowest BCUT2D eigenvalue weighted by Gasteiger charge is -2.26. The van der Waals surface area contributed by atoms with Crippen molar-refractivity contribution in [2.45, 2.75) is 0 Å². The molecule has 90 valence electrons. The Morgan fingerprint density at radius 3 is 2.82 bits per heavy atom. The quantitative estimate of drug-likeness (QED) is 0.831. The van der Waals surface area contributed by atoms with Crippen LogP contribution in [0.25, 0.3) is 10.2 Å². The van der Waals surface area contributed by atoms with Gasteiger partial charge in [-0.05, 0) is 12.1 Å². The summed E-state index contributed by atoms with van der Waals surface area (Å²) < 4.78 is 0.743. The number of nitrogens with one attached hydrogen (secondary N) is 2. The molecule has 0 saturated carbocycles. The summed E-state index contributed by atoms with van der Waals surface area (Å²) in [6.07, 6.45) is 0. The van der Waals surface area contributed by atoms with Gasteiger partial charge in [-0.25, -0.2) is 0 Å². The number of fused-ring (bicyclic) bond motifs is 1. The van der Waals surface area contributed by atoms with Crippen LogP contribution in [-0.4, -0.2) is 42.0 Å². The van der Waals surface area contributed by atoms with Gasteiger partial charge in [0.05, 0.1) is 4.34 Å². The number of hydrogen-bond donors (Lipinski definition) is 2. The maximum absolute atomic E-state index is 12.2. The second-order valence-corrected chi connectivity index (χ2v) is 5.74. The number of aromatic nitrogens is 1. The largest absolute Gasteiger partial charge is 0.342 e. The molecule has 2 aromatic heterocycles. The first-order valence-electron chi connectivity index (χ1n) is 5.52. The molecule has 1 fully saturated rings. The Labute approximate surface area is 108 Å². The summed E-state index contributed by atoms with van der Waals surface area (Å²) in [7, 11) is 0. The molecule has 1 aliphatic heterocycles. The lowest BCUT2D eigenvalue weighted by atomic mass is 10.3. The fourth-order valence-corrected chi connectivity index (χ4v) is 3.17. The topological polar surface area (TPSA) is 48.1 Å². The van der Waals surface area contributed by atoms with Gasteiger partial charge in [-0.3, -0.25) is 4.79 Å². The zero-order valence-electron chi connectivity index (χ0n) is 9.12. The smallest absolute Gasteiger partial charge is 0.270 e. The SMILES string of the molecule is O=C(c1cc2cc(Cl)sc2[nH]1)N1CCNCC1. The molecule has 2 aromatic rings. The van der Waals surface area contributed by atoms with Crippen LogP contribution in [0, 0.1) is 0 Å². The number of halogens is 1. The van der Waals surface area contributed by atoms with Crippen molar-refractivity contribution in [2.24, 2.45) is 0 Å². The van der Waals surface area contributed by atoms with Gasteiger partial charge in [0.1, 0.15) is 10.5 Å². The lowest BCUT2D eigenvalue weighted by molar-refractivity contribution is 0.0731. The lowest BCUT2D eigenvalue weighted by Crippen LogP contribution is -2.46. The highest BCUT2D eigenvalue weighted by molar-refractivity contribution is 7.22. The number of carbonyl (C=O) groups excluding carboxylic acids is 1. The van der Waals surface area contributed by atoms with E-state index in [0.717, 1.165) is 40.7 Å². The summed E-state index contributed by atoms with van der Waals surface area (Å²) in [5, 5.41) is 4.24. The third-order valence-corrected chi connectivity index (χ3v) is 4.11. The van der Waals surface area contributed by atoms with E-state index in [4.69, 9.17) is 11.6 Å². The molecular weight excluding hydrogens is 258 g/mol. The van der Waals surface area contributed by atoms with Crippen LogP contribution in [0.15, 0.2) is 12.1 Å². The normalized spacial score (nSPS) is 16.6.